The number of aryl methyl sites for hydroxylation is 1. The van der Waals surface area contributed by atoms with Gasteiger partial charge in [-0.1, -0.05) is 48.5 Å². The van der Waals surface area contributed by atoms with Crippen LogP contribution in [0.2, 0.25) is 0 Å². The molecule has 1 heterocycles. The van der Waals surface area contributed by atoms with Gasteiger partial charge in [0.25, 0.3) is 0 Å². The van der Waals surface area contributed by atoms with Crippen molar-refractivity contribution in [3.8, 4) is 22.8 Å². The number of nitrogens with zero attached hydrogens (tertiary/aromatic N) is 2. The lowest BCUT2D eigenvalue weighted by atomic mass is 9.96. The molecule has 0 fully saturated rings. The number of fused-ring (bicyclic) bond motifs is 6. The summed E-state index contributed by atoms with van der Waals surface area (Å²) >= 11 is 0. The molecule has 4 aromatic carbocycles. The van der Waals surface area contributed by atoms with Crippen LogP contribution in [0, 0.1) is 6.92 Å². The standard InChI is InChI=1S/C25H20N2O2/c1-15-8-7-11-17-18-12-21(28-2)22(29-3)13-19(18)24-25(23(15)17)26-14-20(27-24)16-9-5-4-6-10-16/h4-14H,1-3H3. The van der Waals surface area contributed by atoms with Crippen molar-refractivity contribution < 1.29 is 9.47 Å². The van der Waals surface area contributed by atoms with Gasteiger partial charge in [-0.05, 0) is 35.4 Å². The molecule has 0 unspecified atom stereocenters. The number of rotatable bonds is 3. The van der Waals surface area contributed by atoms with Crippen molar-refractivity contribution in [1.29, 1.82) is 0 Å². The van der Waals surface area contributed by atoms with Crippen molar-refractivity contribution in [3.63, 3.8) is 0 Å². The molecule has 1 aromatic heterocycles. The van der Waals surface area contributed by atoms with E-state index in [1.54, 1.807) is 14.2 Å². The van der Waals surface area contributed by atoms with E-state index in [4.69, 9.17) is 19.4 Å². The molecule has 0 bridgehead atoms. The third-order valence-electron chi connectivity index (χ3n) is 5.42. The summed E-state index contributed by atoms with van der Waals surface area (Å²) in [4.78, 5) is 9.90. The fourth-order valence-electron chi connectivity index (χ4n) is 4.01. The minimum atomic E-state index is 0.681. The zero-order valence-electron chi connectivity index (χ0n) is 16.6. The molecule has 0 radical (unpaired) electrons. The van der Waals surface area contributed by atoms with Crippen molar-refractivity contribution in [2.75, 3.05) is 14.2 Å². The maximum absolute atomic E-state index is 5.57. The Kier molecular flexibility index (Phi) is 4.06. The molecule has 0 spiro atoms. The lowest BCUT2D eigenvalue weighted by molar-refractivity contribution is 0.356. The second kappa shape index (κ2) is 6.74. The molecule has 0 saturated carbocycles. The Hall–Kier alpha value is -3.66. The van der Waals surface area contributed by atoms with Gasteiger partial charge in [-0.15, -0.1) is 0 Å². The minimum Gasteiger partial charge on any atom is -0.493 e. The minimum absolute atomic E-state index is 0.681. The second-order valence-corrected chi connectivity index (χ2v) is 7.07. The van der Waals surface area contributed by atoms with Crippen molar-refractivity contribution in [2.45, 2.75) is 6.92 Å². The van der Waals surface area contributed by atoms with E-state index in [1.807, 2.05) is 48.7 Å². The SMILES string of the molecule is COc1cc2c(cc1OC)c1nc(-c3ccccc3)cnc1c1c(C)cccc21. The van der Waals surface area contributed by atoms with Crippen LogP contribution in [0.15, 0.2) is 66.9 Å². The van der Waals surface area contributed by atoms with Gasteiger partial charge >= 0.3 is 0 Å². The number of benzene rings is 4. The number of methoxy groups -OCH3 is 2. The Morgan fingerprint density at radius 2 is 1.45 bits per heavy atom. The van der Waals surface area contributed by atoms with Gasteiger partial charge in [-0.25, -0.2) is 4.98 Å². The van der Waals surface area contributed by atoms with Gasteiger partial charge in [0, 0.05) is 16.3 Å². The zero-order valence-corrected chi connectivity index (χ0v) is 16.6. The maximum Gasteiger partial charge on any atom is 0.161 e. The third kappa shape index (κ3) is 2.68. The van der Waals surface area contributed by atoms with Crippen molar-refractivity contribution in [2.24, 2.45) is 0 Å². The molecule has 0 saturated heterocycles. The normalized spacial score (nSPS) is 11.3. The molecule has 142 valence electrons. The average molecular weight is 380 g/mol. The van der Waals surface area contributed by atoms with Crippen LogP contribution in [0.4, 0.5) is 0 Å². The summed E-state index contributed by atoms with van der Waals surface area (Å²) < 4.78 is 11.1. The first-order chi connectivity index (χ1) is 14.2. The van der Waals surface area contributed by atoms with E-state index < -0.39 is 0 Å². The molecule has 29 heavy (non-hydrogen) atoms. The Morgan fingerprint density at radius 1 is 0.724 bits per heavy atom. The Balaban J connectivity index is 1.99. The molecule has 0 atom stereocenters. The molecule has 4 nitrogen and oxygen atoms in total. The fourth-order valence-corrected chi connectivity index (χ4v) is 4.01. The predicted molar refractivity (Wildman–Crippen MR) is 118 cm³/mol. The van der Waals surface area contributed by atoms with E-state index in [-0.39, 0.29) is 0 Å². The van der Waals surface area contributed by atoms with Crippen molar-refractivity contribution in [1.82, 2.24) is 9.97 Å². The molecule has 0 aliphatic carbocycles. The van der Waals surface area contributed by atoms with Gasteiger partial charge in [0.05, 0.1) is 37.1 Å². The first-order valence-corrected chi connectivity index (χ1v) is 9.50. The van der Waals surface area contributed by atoms with Gasteiger partial charge < -0.3 is 9.47 Å². The number of ether oxygens (including phenoxy) is 2. The van der Waals surface area contributed by atoms with Gasteiger partial charge in [-0.2, -0.15) is 0 Å². The summed E-state index contributed by atoms with van der Waals surface area (Å²) in [6.07, 6.45) is 1.86. The van der Waals surface area contributed by atoms with E-state index in [2.05, 4.69) is 25.1 Å². The third-order valence-corrected chi connectivity index (χ3v) is 5.42. The molecule has 5 rings (SSSR count). The number of hydrogen-bond donors (Lipinski definition) is 0. The van der Waals surface area contributed by atoms with E-state index in [0.29, 0.717) is 11.5 Å². The van der Waals surface area contributed by atoms with Crippen LogP contribution < -0.4 is 9.47 Å². The monoisotopic (exact) mass is 380 g/mol. The van der Waals surface area contributed by atoms with Crippen LogP contribution in [0.1, 0.15) is 5.56 Å². The molecular weight excluding hydrogens is 360 g/mol. The highest BCUT2D eigenvalue weighted by Gasteiger charge is 2.16. The maximum atomic E-state index is 5.57. The van der Waals surface area contributed by atoms with Gasteiger partial charge in [-0.3, -0.25) is 4.98 Å². The Morgan fingerprint density at radius 3 is 2.17 bits per heavy atom. The van der Waals surface area contributed by atoms with Crippen LogP contribution in [0.3, 0.4) is 0 Å². The van der Waals surface area contributed by atoms with E-state index >= 15 is 0 Å². The molecule has 4 heteroatoms. The van der Waals surface area contributed by atoms with E-state index in [0.717, 1.165) is 43.8 Å². The smallest absolute Gasteiger partial charge is 0.161 e. The summed E-state index contributed by atoms with van der Waals surface area (Å²) in [6.45, 7) is 2.11. The molecular formula is C25H20N2O2. The van der Waals surface area contributed by atoms with Crippen LogP contribution >= 0.6 is 0 Å². The van der Waals surface area contributed by atoms with Crippen molar-refractivity contribution >= 4 is 32.6 Å². The number of aromatic nitrogens is 2. The van der Waals surface area contributed by atoms with Gasteiger partial charge in [0.1, 0.15) is 0 Å². The first-order valence-electron chi connectivity index (χ1n) is 9.50. The highest BCUT2D eigenvalue weighted by Crippen LogP contribution is 2.40. The summed E-state index contributed by atoms with van der Waals surface area (Å²) in [5.74, 6) is 1.38. The topological polar surface area (TPSA) is 44.2 Å². The molecule has 0 aliphatic rings. The summed E-state index contributed by atoms with van der Waals surface area (Å²) in [7, 11) is 3.31. The molecule has 0 amide bonds. The molecule has 0 N–H and O–H groups in total. The number of hydrogen-bond acceptors (Lipinski definition) is 4. The molecule has 0 aliphatic heterocycles. The van der Waals surface area contributed by atoms with Crippen LogP contribution in [-0.2, 0) is 0 Å². The largest absolute Gasteiger partial charge is 0.493 e. The predicted octanol–water partition coefficient (Wildman–Crippen LogP) is 5.93. The van der Waals surface area contributed by atoms with Crippen LogP contribution in [0.5, 0.6) is 11.5 Å². The zero-order chi connectivity index (χ0) is 20.0. The molecule has 5 aromatic rings. The lowest BCUT2D eigenvalue weighted by Gasteiger charge is -2.15. The quantitative estimate of drug-likeness (QED) is 0.364. The fraction of sp³-hybridized carbons (Fsp3) is 0.120. The first kappa shape index (κ1) is 17.4. The van der Waals surface area contributed by atoms with E-state index in [9.17, 15) is 0 Å². The highest BCUT2D eigenvalue weighted by atomic mass is 16.5. The van der Waals surface area contributed by atoms with Gasteiger partial charge in [0.2, 0.25) is 0 Å². The lowest BCUT2D eigenvalue weighted by Crippen LogP contribution is -1.96. The summed E-state index contributed by atoms with van der Waals surface area (Å²) in [6, 6.07) is 20.5. The Labute approximate surface area is 168 Å². The summed E-state index contributed by atoms with van der Waals surface area (Å²) in [5, 5.41) is 4.33. The summed E-state index contributed by atoms with van der Waals surface area (Å²) in [5.41, 5.74) is 4.83. The average Bonchev–Trinajstić information content (AvgIpc) is 2.78. The van der Waals surface area contributed by atoms with E-state index in [1.165, 1.54) is 5.56 Å². The Bertz CT molecular complexity index is 1380. The van der Waals surface area contributed by atoms with Gasteiger partial charge in [0.15, 0.2) is 11.5 Å². The van der Waals surface area contributed by atoms with Crippen LogP contribution in [0.25, 0.3) is 43.8 Å². The second-order valence-electron chi connectivity index (χ2n) is 7.07. The highest BCUT2D eigenvalue weighted by molar-refractivity contribution is 6.24. The van der Waals surface area contributed by atoms with Crippen molar-refractivity contribution in [3.05, 3.63) is 72.4 Å². The van der Waals surface area contributed by atoms with Crippen LogP contribution in [-0.4, -0.2) is 24.2 Å².